The molecule has 0 aliphatic carbocycles. The molecule has 0 amide bonds. The molecule has 1 aliphatic heterocycles. The normalized spacial score (nSPS) is 18.0. The Labute approximate surface area is 109 Å². The van der Waals surface area contributed by atoms with Gasteiger partial charge in [-0.1, -0.05) is 30.3 Å². The Morgan fingerprint density at radius 1 is 1.21 bits per heavy atom. The molecule has 1 fully saturated rings. The number of hydrogen-bond acceptors (Lipinski definition) is 3. The number of hydrogen-bond donors (Lipinski definition) is 0. The van der Waals surface area contributed by atoms with Gasteiger partial charge in [-0.2, -0.15) is 0 Å². The number of sulfonamides is 1. The van der Waals surface area contributed by atoms with Gasteiger partial charge < -0.3 is 4.74 Å². The number of epoxide rings is 1. The summed E-state index contributed by atoms with van der Waals surface area (Å²) in [7, 11) is -3.99. The fourth-order valence-corrected chi connectivity index (χ4v) is 3.00. The molecule has 96 valence electrons. The van der Waals surface area contributed by atoms with Crippen LogP contribution in [-0.2, 0) is 14.8 Å². The summed E-state index contributed by atoms with van der Waals surface area (Å²) < 4.78 is 31.9. The van der Waals surface area contributed by atoms with E-state index in [1.54, 1.807) is 18.2 Å². The highest BCUT2D eigenvalue weighted by molar-refractivity contribution is 7.90. The number of ether oxygens (including phenoxy) is 1. The van der Waals surface area contributed by atoms with Crippen LogP contribution in [0.3, 0.4) is 0 Å². The van der Waals surface area contributed by atoms with E-state index >= 15 is 0 Å². The van der Waals surface area contributed by atoms with E-state index < -0.39 is 10.0 Å². The first-order valence-electron chi connectivity index (χ1n) is 5.58. The second-order valence-corrected chi connectivity index (χ2v) is 5.72. The maximum atomic E-state index is 11.9. The van der Waals surface area contributed by atoms with E-state index in [0.717, 1.165) is 10.9 Å². The van der Waals surface area contributed by atoms with Crippen molar-refractivity contribution in [3.05, 3.63) is 52.4 Å². The number of benzene rings is 2. The Morgan fingerprint density at radius 2 is 1.89 bits per heavy atom. The minimum absolute atomic E-state index is 0.0188. The van der Waals surface area contributed by atoms with Gasteiger partial charge in [0, 0.05) is 14.8 Å². The molecule has 2 aromatic rings. The summed E-state index contributed by atoms with van der Waals surface area (Å²) in [6, 6.07) is 10.3. The van der Waals surface area contributed by atoms with Gasteiger partial charge in [0.25, 0.3) is 10.0 Å². The molecular formula is C12H9N3O3S. The SMILES string of the molecule is [N-]=[N+]=NS(=O)(=O)c1ccc(C2CO2)c2ccccc12. The Kier molecular flexibility index (Phi) is 2.67. The van der Waals surface area contributed by atoms with Crippen LogP contribution >= 0.6 is 0 Å². The van der Waals surface area contributed by atoms with Gasteiger partial charge in [0.1, 0.15) is 6.10 Å². The molecule has 6 nitrogen and oxygen atoms in total. The van der Waals surface area contributed by atoms with Gasteiger partial charge in [0.05, 0.1) is 11.5 Å². The highest BCUT2D eigenvalue weighted by Gasteiger charge is 2.28. The summed E-state index contributed by atoms with van der Waals surface area (Å²) in [5.74, 6) is 0. The Balaban J connectivity index is 2.34. The van der Waals surface area contributed by atoms with Gasteiger partial charge in [-0.05, 0) is 22.5 Å². The average Bonchev–Trinajstić information content (AvgIpc) is 3.21. The molecule has 2 aromatic carbocycles. The largest absolute Gasteiger partial charge is 0.368 e. The number of azide groups is 1. The van der Waals surface area contributed by atoms with Crippen LogP contribution in [0.1, 0.15) is 11.7 Å². The summed E-state index contributed by atoms with van der Waals surface area (Å²) in [5.41, 5.74) is 9.30. The van der Waals surface area contributed by atoms with Gasteiger partial charge in [-0.25, -0.2) is 8.42 Å². The Bertz CT molecular complexity index is 806. The van der Waals surface area contributed by atoms with Crippen LogP contribution in [-0.4, -0.2) is 15.0 Å². The predicted octanol–water partition coefficient (Wildman–Crippen LogP) is 2.91. The topological polar surface area (TPSA) is 95.4 Å². The van der Waals surface area contributed by atoms with Crippen molar-refractivity contribution in [1.29, 1.82) is 0 Å². The zero-order chi connectivity index (χ0) is 13.5. The van der Waals surface area contributed by atoms with Crippen molar-refractivity contribution in [2.45, 2.75) is 11.0 Å². The molecule has 1 atom stereocenters. The second kappa shape index (κ2) is 4.24. The lowest BCUT2D eigenvalue weighted by Gasteiger charge is -2.08. The van der Waals surface area contributed by atoms with Crippen LogP contribution in [0.15, 0.2) is 45.8 Å². The maximum Gasteiger partial charge on any atom is 0.264 e. The first-order chi connectivity index (χ1) is 9.13. The van der Waals surface area contributed by atoms with Crippen molar-refractivity contribution >= 4 is 20.8 Å². The molecule has 0 radical (unpaired) electrons. The van der Waals surface area contributed by atoms with Crippen LogP contribution in [0.5, 0.6) is 0 Å². The van der Waals surface area contributed by atoms with E-state index in [0.29, 0.717) is 12.0 Å². The molecule has 0 spiro atoms. The van der Waals surface area contributed by atoms with Gasteiger partial charge >= 0.3 is 0 Å². The maximum absolute atomic E-state index is 11.9. The van der Waals surface area contributed by atoms with Crippen molar-refractivity contribution in [2.24, 2.45) is 4.52 Å². The smallest absolute Gasteiger partial charge is 0.264 e. The summed E-state index contributed by atoms with van der Waals surface area (Å²) in [4.78, 5) is 2.39. The fraction of sp³-hybridized carbons (Fsp3) is 0.167. The zero-order valence-electron chi connectivity index (χ0n) is 9.72. The predicted molar refractivity (Wildman–Crippen MR) is 69.0 cm³/mol. The van der Waals surface area contributed by atoms with Crippen molar-refractivity contribution < 1.29 is 13.2 Å². The molecule has 1 heterocycles. The zero-order valence-corrected chi connectivity index (χ0v) is 10.5. The van der Waals surface area contributed by atoms with Crippen molar-refractivity contribution in [2.75, 3.05) is 6.61 Å². The molecular weight excluding hydrogens is 266 g/mol. The highest BCUT2D eigenvalue weighted by Crippen LogP contribution is 2.37. The van der Waals surface area contributed by atoms with E-state index in [4.69, 9.17) is 10.3 Å². The highest BCUT2D eigenvalue weighted by atomic mass is 32.2. The summed E-state index contributed by atoms with van der Waals surface area (Å²) >= 11 is 0. The molecule has 0 saturated carbocycles. The molecule has 0 N–H and O–H groups in total. The van der Waals surface area contributed by atoms with Gasteiger partial charge in [0.2, 0.25) is 0 Å². The van der Waals surface area contributed by atoms with Crippen molar-refractivity contribution in [3.63, 3.8) is 0 Å². The van der Waals surface area contributed by atoms with Crippen LogP contribution in [0.2, 0.25) is 0 Å². The minimum atomic E-state index is -3.99. The van der Waals surface area contributed by atoms with E-state index in [-0.39, 0.29) is 11.0 Å². The van der Waals surface area contributed by atoms with Gasteiger partial charge in [-0.15, -0.1) is 0 Å². The van der Waals surface area contributed by atoms with Crippen LogP contribution < -0.4 is 0 Å². The van der Waals surface area contributed by atoms with E-state index in [1.807, 2.05) is 12.1 Å². The first-order valence-corrected chi connectivity index (χ1v) is 7.02. The molecule has 19 heavy (non-hydrogen) atoms. The van der Waals surface area contributed by atoms with Gasteiger partial charge in [-0.3, -0.25) is 0 Å². The van der Waals surface area contributed by atoms with Crippen LogP contribution in [0, 0.1) is 0 Å². The van der Waals surface area contributed by atoms with Crippen molar-refractivity contribution in [3.8, 4) is 0 Å². The van der Waals surface area contributed by atoms with Crippen LogP contribution in [0.25, 0.3) is 21.2 Å². The standard InChI is InChI=1S/C12H9N3O3S/c13-14-15-19(16,17)12-6-5-9(11-7-18-11)8-3-1-2-4-10(8)12/h1-6,11H,7H2. The third-order valence-electron chi connectivity index (χ3n) is 3.02. The third kappa shape index (κ3) is 2.04. The number of rotatable bonds is 3. The lowest BCUT2D eigenvalue weighted by molar-refractivity contribution is 0.417. The second-order valence-electron chi connectivity index (χ2n) is 4.17. The Hall–Kier alpha value is -2.08. The quantitative estimate of drug-likeness (QED) is 0.373. The van der Waals surface area contributed by atoms with E-state index in [9.17, 15) is 8.42 Å². The van der Waals surface area contributed by atoms with Gasteiger partial charge in [0.15, 0.2) is 0 Å². The monoisotopic (exact) mass is 275 g/mol. The fourth-order valence-electron chi connectivity index (χ4n) is 2.12. The molecule has 3 rings (SSSR count). The molecule has 1 saturated heterocycles. The van der Waals surface area contributed by atoms with Crippen molar-refractivity contribution in [1.82, 2.24) is 0 Å². The molecule has 7 heteroatoms. The average molecular weight is 275 g/mol. The number of fused-ring (bicyclic) bond motifs is 1. The molecule has 0 aromatic heterocycles. The summed E-state index contributed by atoms with van der Waals surface area (Å²) in [5, 5.41) is 1.35. The van der Waals surface area contributed by atoms with E-state index in [2.05, 4.69) is 9.43 Å². The minimum Gasteiger partial charge on any atom is -0.368 e. The van der Waals surface area contributed by atoms with Crippen LogP contribution in [0.4, 0.5) is 0 Å². The summed E-state index contributed by atoms with van der Waals surface area (Å²) in [6.45, 7) is 0.645. The molecule has 1 unspecified atom stereocenters. The third-order valence-corrected chi connectivity index (χ3v) is 4.22. The number of nitrogens with zero attached hydrogens (tertiary/aromatic N) is 3. The van der Waals surface area contributed by atoms with E-state index in [1.165, 1.54) is 6.07 Å². The lowest BCUT2D eigenvalue weighted by Crippen LogP contribution is -1.98. The molecule has 1 aliphatic rings. The first kappa shape index (κ1) is 12.0. The summed E-state index contributed by atoms with van der Waals surface area (Å²) in [6.07, 6.45) is 0.0288. The molecule has 0 bridgehead atoms. The lowest BCUT2D eigenvalue weighted by atomic mass is 10.0. The Morgan fingerprint density at radius 3 is 2.53 bits per heavy atom.